The van der Waals surface area contributed by atoms with Gasteiger partial charge in [-0.1, -0.05) is 11.6 Å². The van der Waals surface area contributed by atoms with Crippen LogP contribution in [0, 0.1) is 0 Å². The molecule has 4 nitrogen and oxygen atoms in total. The van der Waals surface area contributed by atoms with Gasteiger partial charge in [0.2, 0.25) is 10.0 Å². The van der Waals surface area contributed by atoms with Crippen molar-refractivity contribution in [1.29, 1.82) is 0 Å². The van der Waals surface area contributed by atoms with Gasteiger partial charge in [-0.25, -0.2) is 13.1 Å². The number of nitrogens with two attached hydrogens (primary N) is 1. The van der Waals surface area contributed by atoms with Crippen molar-refractivity contribution in [2.75, 3.05) is 0 Å². The van der Waals surface area contributed by atoms with Gasteiger partial charge < -0.3 is 5.73 Å². The zero-order valence-corrected chi connectivity index (χ0v) is 13.1. The predicted octanol–water partition coefficient (Wildman–Crippen LogP) is 2.91. The Kier molecular flexibility index (Phi) is 5.06. The highest BCUT2D eigenvalue weighted by atomic mass is 35.5. The average Bonchev–Trinajstić information content (AvgIpc) is 2.39. The Bertz CT molecular complexity index is 641. The Morgan fingerprint density at radius 1 is 1.18 bits per heavy atom. The van der Waals surface area contributed by atoms with Crippen molar-refractivity contribution in [3.05, 3.63) is 28.8 Å². The second-order valence-corrected chi connectivity index (χ2v) is 7.47. The number of benzene rings is 1. The number of nitrogens with one attached hydrogen (secondary N) is 1. The number of alkyl halides is 3. The highest BCUT2D eigenvalue weighted by Gasteiger charge is 2.32. The normalized spacial score (nSPS) is 23.5. The van der Waals surface area contributed by atoms with Crippen molar-refractivity contribution in [3.63, 3.8) is 0 Å². The van der Waals surface area contributed by atoms with Crippen molar-refractivity contribution in [3.8, 4) is 0 Å². The van der Waals surface area contributed by atoms with Gasteiger partial charge in [0.25, 0.3) is 0 Å². The monoisotopic (exact) mass is 356 g/mol. The molecule has 124 valence electrons. The summed E-state index contributed by atoms with van der Waals surface area (Å²) in [5.74, 6) is 0. The molecule has 1 fully saturated rings. The van der Waals surface area contributed by atoms with Gasteiger partial charge >= 0.3 is 6.18 Å². The van der Waals surface area contributed by atoms with Crippen LogP contribution in [-0.2, 0) is 16.2 Å². The van der Waals surface area contributed by atoms with E-state index in [-0.39, 0.29) is 17.0 Å². The van der Waals surface area contributed by atoms with Crippen LogP contribution in [0.2, 0.25) is 5.02 Å². The second-order valence-electron chi connectivity index (χ2n) is 5.38. The SMILES string of the molecule is NC1CCC(NS(=O)(=O)c2ccc(C(F)(F)F)cc2Cl)CC1. The van der Waals surface area contributed by atoms with Gasteiger partial charge in [-0.15, -0.1) is 0 Å². The van der Waals surface area contributed by atoms with Crippen LogP contribution in [0.1, 0.15) is 31.2 Å². The third kappa shape index (κ3) is 4.13. The molecule has 1 aliphatic rings. The summed E-state index contributed by atoms with van der Waals surface area (Å²) >= 11 is 5.72. The maximum absolute atomic E-state index is 12.6. The predicted molar refractivity (Wildman–Crippen MR) is 77.0 cm³/mol. The molecule has 1 saturated carbocycles. The van der Waals surface area contributed by atoms with Gasteiger partial charge in [0.05, 0.1) is 10.6 Å². The summed E-state index contributed by atoms with van der Waals surface area (Å²) in [6.07, 6.45) is -1.97. The van der Waals surface area contributed by atoms with Crippen LogP contribution < -0.4 is 10.5 Å². The summed E-state index contributed by atoms with van der Waals surface area (Å²) in [4.78, 5) is -0.350. The van der Waals surface area contributed by atoms with Crippen LogP contribution >= 0.6 is 11.6 Å². The first-order valence-corrected chi connectivity index (χ1v) is 8.60. The van der Waals surface area contributed by atoms with Crippen LogP contribution in [0.3, 0.4) is 0 Å². The first-order valence-electron chi connectivity index (χ1n) is 6.74. The maximum Gasteiger partial charge on any atom is 0.416 e. The second kappa shape index (κ2) is 6.35. The van der Waals surface area contributed by atoms with Gasteiger partial charge in [-0.3, -0.25) is 0 Å². The molecule has 0 heterocycles. The first kappa shape index (κ1) is 17.5. The number of sulfonamides is 1. The molecule has 0 aliphatic heterocycles. The van der Waals surface area contributed by atoms with Gasteiger partial charge in [-0.05, 0) is 43.9 Å². The van der Waals surface area contributed by atoms with Crippen molar-refractivity contribution in [2.24, 2.45) is 5.73 Å². The van der Waals surface area contributed by atoms with E-state index in [1.807, 2.05) is 0 Å². The summed E-state index contributed by atoms with van der Waals surface area (Å²) in [7, 11) is -3.96. The Balaban J connectivity index is 2.19. The van der Waals surface area contributed by atoms with E-state index in [2.05, 4.69) is 4.72 Å². The van der Waals surface area contributed by atoms with E-state index in [1.165, 1.54) is 0 Å². The number of halogens is 4. The molecule has 1 aliphatic carbocycles. The topological polar surface area (TPSA) is 72.2 Å². The van der Waals surface area contributed by atoms with Gasteiger partial charge in [0.1, 0.15) is 4.90 Å². The molecule has 0 unspecified atom stereocenters. The van der Waals surface area contributed by atoms with E-state index in [0.717, 1.165) is 6.07 Å². The molecule has 0 amide bonds. The zero-order valence-electron chi connectivity index (χ0n) is 11.5. The van der Waals surface area contributed by atoms with Crippen LogP contribution in [0.25, 0.3) is 0 Å². The Hall–Kier alpha value is -0.830. The molecule has 0 radical (unpaired) electrons. The van der Waals surface area contributed by atoms with Crippen molar-refractivity contribution in [2.45, 2.75) is 48.8 Å². The first-order chi connectivity index (χ1) is 10.1. The van der Waals surface area contributed by atoms with E-state index in [9.17, 15) is 21.6 Å². The lowest BCUT2D eigenvalue weighted by atomic mass is 9.93. The minimum Gasteiger partial charge on any atom is -0.328 e. The fourth-order valence-corrected chi connectivity index (χ4v) is 4.26. The van der Waals surface area contributed by atoms with Crippen molar-refractivity contribution >= 4 is 21.6 Å². The lowest BCUT2D eigenvalue weighted by molar-refractivity contribution is -0.137. The largest absolute Gasteiger partial charge is 0.416 e. The Labute approximate surface area is 131 Å². The van der Waals surface area contributed by atoms with Gasteiger partial charge in [0.15, 0.2) is 0 Å². The average molecular weight is 357 g/mol. The maximum atomic E-state index is 12.6. The summed E-state index contributed by atoms with van der Waals surface area (Å²) < 4.78 is 64.7. The van der Waals surface area contributed by atoms with E-state index in [4.69, 9.17) is 17.3 Å². The van der Waals surface area contributed by atoms with Crippen LogP contribution in [-0.4, -0.2) is 20.5 Å². The number of rotatable bonds is 3. The Morgan fingerprint density at radius 2 is 1.77 bits per heavy atom. The third-order valence-corrected chi connectivity index (χ3v) is 5.65. The van der Waals surface area contributed by atoms with E-state index >= 15 is 0 Å². The minimum atomic E-state index is -4.57. The molecule has 22 heavy (non-hydrogen) atoms. The van der Waals surface area contributed by atoms with Crippen molar-refractivity contribution in [1.82, 2.24) is 4.72 Å². The standard InChI is InChI=1S/C13H16ClF3N2O2S/c14-11-7-8(13(15,16)17)1-6-12(11)22(20,21)19-10-4-2-9(18)3-5-10/h1,6-7,9-10,19H,2-5,18H2. The van der Waals surface area contributed by atoms with Crippen LogP contribution in [0.15, 0.2) is 23.1 Å². The van der Waals surface area contributed by atoms with E-state index < -0.39 is 26.8 Å². The summed E-state index contributed by atoms with van der Waals surface area (Å²) in [6, 6.07) is 1.99. The summed E-state index contributed by atoms with van der Waals surface area (Å²) in [5.41, 5.74) is 4.76. The van der Waals surface area contributed by atoms with Crippen molar-refractivity contribution < 1.29 is 21.6 Å². The van der Waals surface area contributed by atoms with Crippen LogP contribution in [0.4, 0.5) is 13.2 Å². The van der Waals surface area contributed by atoms with E-state index in [0.29, 0.717) is 37.8 Å². The fourth-order valence-electron chi connectivity index (χ4n) is 2.42. The molecule has 0 saturated heterocycles. The number of hydrogen-bond donors (Lipinski definition) is 2. The minimum absolute atomic E-state index is 0.0652. The van der Waals surface area contributed by atoms with E-state index in [1.54, 1.807) is 0 Å². The quantitative estimate of drug-likeness (QED) is 0.874. The molecule has 2 rings (SSSR count). The van der Waals surface area contributed by atoms with Gasteiger partial charge in [0, 0.05) is 12.1 Å². The zero-order chi connectivity index (χ0) is 16.5. The summed E-state index contributed by atoms with van der Waals surface area (Å²) in [5, 5.41) is -0.449. The molecule has 0 atom stereocenters. The smallest absolute Gasteiger partial charge is 0.328 e. The molecule has 9 heteroatoms. The highest BCUT2D eigenvalue weighted by Crippen LogP contribution is 2.33. The lowest BCUT2D eigenvalue weighted by Gasteiger charge is -2.26. The molecular weight excluding hydrogens is 341 g/mol. The van der Waals surface area contributed by atoms with Crippen LogP contribution in [0.5, 0.6) is 0 Å². The Morgan fingerprint density at radius 3 is 2.27 bits per heavy atom. The lowest BCUT2D eigenvalue weighted by Crippen LogP contribution is -2.40. The highest BCUT2D eigenvalue weighted by molar-refractivity contribution is 7.89. The molecule has 0 bridgehead atoms. The molecule has 1 aromatic carbocycles. The van der Waals surface area contributed by atoms with Gasteiger partial charge in [-0.2, -0.15) is 13.2 Å². The summed E-state index contributed by atoms with van der Waals surface area (Å²) in [6.45, 7) is 0. The third-order valence-electron chi connectivity index (χ3n) is 3.64. The molecule has 3 N–H and O–H groups in total. The number of hydrogen-bond acceptors (Lipinski definition) is 3. The molecular formula is C13H16ClF3N2O2S. The fraction of sp³-hybridized carbons (Fsp3) is 0.538. The molecule has 1 aromatic rings. The molecule has 0 spiro atoms. The molecule has 0 aromatic heterocycles.